The maximum atomic E-state index is 12.0. The molecule has 1 heterocycles. The van der Waals surface area contributed by atoms with E-state index in [9.17, 15) is 4.79 Å². The summed E-state index contributed by atoms with van der Waals surface area (Å²) in [5.41, 5.74) is 8.32. The molecule has 21 heavy (non-hydrogen) atoms. The SMILES string of the molecule is Cc1nccc(CNC(=O)CC(C)c2ccc(N)cc2)n1. The number of carbonyl (C=O) groups excluding carboxylic acids is 1. The van der Waals surface area contributed by atoms with Gasteiger partial charge in [-0.3, -0.25) is 4.79 Å². The molecule has 0 saturated heterocycles. The lowest BCUT2D eigenvalue weighted by Gasteiger charge is -2.12. The van der Waals surface area contributed by atoms with Crippen LogP contribution in [-0.4, -0.2) is 15.9 Å². The van der Waals surface area contributed by atoms with E-state index in [2.05, 4.69) is 15.3 Å². The third-order valence-corrected chi connectivity index (χ3v) is 3.30. The minimum Gasteiger partial charge on any atom is -0.399 e. The van der Waals surface area contributed by atoms with Crippen LogP contribution < -0.4 is 11.1 Å². The van der Waals surface area contributed by atoms with Crippen LogP contribution in [0.15, 0.2) is 36.5 Å². The molecule has 0 fully saturated rings. The Kier molecular flexibility index (Phi) is 4.87. The summed E-state index contributed by atoms with van der Waals surface area (Å²) >= 11 is 0. The highest BCUT2D eigenvalue weighted by molar-refractivity contribution is 5.76. The number of nitrogens with two attached hydrogens (primary N) is 1. The summed E-state index contributed by atoms with van der Waals surface area (Å²) in [5, 5.41) is 2.88. The van der Waals surface area contributed by atoms with Crippen molar-refractivity contribution in [3.63, 3.8) is 0 Å². The number of amides is 1. The predicted molar refractivity (Wildman–Crippen MR) is 82.5 cm³/mol. The van der Waals surface area contributed by atoms with Gasteiger partial charge in [-0.2, -0.15) is 0 Å². The van der Waals surface area contributed by atoms with Crippen LogP contribution >= 0.6 is 0 Å². The molecular formula is C16H20N4O. The van der Waals surface area contributed by atoms with Crippen LogP contribution in [0.5, 0.6) is 0 Å². The number of anilines is 1. The quantitative estimate of drug-likeness (QED) is 0.825. The summed E-state index contributed by atoms with van der Waals surface area (Å²) in [6.45, 7) is 4.28. The minimum atomic E-state index is 0.00981. The number of nitrogens with zero attached hydrogens (tertiary/aromatic N) is 2. The van der Waals surface area contributed by atoms with Crippen LogP contribution in [0.3, 0.4) is 0 Å². The van der Waals surface area contributed by atoms with E-state index in [0.717, 1.165) is 16.9 Å². The molecule has 0 aliphatic rings. The van der Waals surface area contributed by atoms with Gasteiger partial charge in [-0.25, -0.2) is 9.97 Å². The number of nitrogens with one attached hydrogen (secondary N) is 1. The number of hydrogen-bond acceptors (Lipinski definition) is 4. The number of rotatable bonds is 5. The smallest absolute Gasteiger partial charge is 0.220 e. The molecule has 0 spiro atoms. The standard InChI is InChI=1S/C16H20N4O/c1-11(13-3-5-14(17)6-4-13)9-16(21)19-10-15-7-8-18-12(2)20-15/h3-8,11H,9-10,17H2,1-2H3,(H,19,21). The largest absolute Gasteiger partial charge is 0.399 e. The van der Waals surface area contributed by atoms with E-state index in [-0.39, 0.29) is 11.8 Å². The zero-order valence-corrected chi connectivity index (χ0v) is 12.3. The number of aromatic nitrogens is 2. The summed E-state index contributed by atoms with van der Waals surface area (Å²) in [6.07, 6.45) is 2.13. The molecule has 1 atom stereocenters. The maximum absolute atomic E-state index is 12.0. The molecule has 5 nitrogen and oxygen atoms in total. The topological polar surface area (TPSA) is 80.9 Å². The number of nitrogen functional groups attached to an aromatic ring is 1. The Balaban J connectivity index is 1.85. The number of benzene rings is 1. The fourth-order valence-electron chi connectivity index (χ4n) is 2.09. The summed E-state index contributed by atoms with van der Waals surface area (Å²) in [5.74, 6) is 0.866. The molecule has 0 saturated carbocycles. The molecule has 2 rings (SSSR count). The highest BCUT2D eigenvalue weighted by Crippen LogP contribution is 2.19. The Bertz CT molecular complexity index is 610. The van der Waals surface area contributed by atoms with Gasteiger partial charge in [0.1, 0.15) is 5.82 Å². The number of aryl methyl sites for hydroxylation is 1. The van der Waals surface area contributed by atoms with Gasteiger partial charge >= 0.3 is 0 Å². The van der Waals surface area contributed by atoms with Crippen molar-refractivity contribution in [3.8, 4) is 0 Å². The lowest BCUT2D eigenvalue weighted by molar-refractivity contribution is -0.121. The van der Waals surface area contributed by atoms with Crippen LogP contribution in [0, 0.1) is 6.92 Å². The first-order chi connectivity index (χ1) is 10.0. The molecule has 110 valence electrons. The molecule has 0 bridgehead atoms. The van der Waals surface area contributed by atoms with Crippen LogP contribution in [0.25, 0.3) is 0 Å². The van der Waals surface area contributed by atoms with Crippen molar-refractivity contribution in [2.45, 2.75) is 32.7 Å². The summed E-state index contributed by atoms with van der Waals surface area (Å²) in [7, 11) is 0. The van der Waals surface area contributed by atoms with Crippen molar-refractivity contribution >= 4 is 11.6 Å². The van der Waals surface area contributed by atoms with E-state index in [0.29, 0.717) is 18.8 Å². The van der Waals surface area contributed by atoms with Gasteiger partial charge in [0.05, 0.1) is 12.2 Å². The van der Waals surface area contributed by atoms with Gasteiger partial charge in [0, 0.05) is 18.3 Å². The Morgan fingerprint density at radius 2 is 2.00 bits per heavy atom. The average Bonchev–Trinajstić information content (AvgIpc) is 2.46. The molecule has 3 N–H and O–H groups in total. The van der Waals surface area contributed by atoms with Crippen LogP contribution in [0.1, 0.15) is 36.3 Å². The highest BCUT2D eigenvalue weighted by Gasteiger charge is 2.11. The minimum absolute atomic E-state index is 0.00981. The van der Waals surface area contributed by atoms with Crippen LogP contribution in [0.4, 0.5) is 5.69 Å². The molecule has 1 unspecified atom stereocenters. The molecule has 0 aliphatic carbocycles. The van der Waals surface area contributed by atoms with Gasteiger partial charge in [-0.05, 0) is 36.6 Å². The van der Waals surface area contributed by atoms with Gasteiger partial charge in [-0.15, -0.1) is 0 Å². The second kappa shape index (κ2) is 6.83. The zero-order valence-electron chi connectivity index (χ0n) is 12.3. The van der Waals surface area contributed by atoms with Crippen molar-refractivity contribution in [1.29, 1.82) is 0 Å². The second-order valence-electron chi connectivity index (χ2n) is 5.14. The number of carbonyl (C=O) groups is 1. The molecule has 2 aromatic rings. The van der Waals surface area contributed by atoms with Gasteiger partial charge < -0.3 is 11.1 Å². The van der Waals surface area contributed by atoms with Gasteiger partial charge in [0.2, 0.25) is 5.91 Å². The molecule has 0 aliphatic heterocycles. The lowest BCUT2D eigenvalue weighted by Crippen LogP contribution is -2.24. The van der Waals surface area contributed by atoms with E-state index in [1.807, 2.05) is 38.1 Å². The van der Waals surface area contributed by atoms with Gasteiger partial charge in [0.15, 0.2) is 0 Å². The second-order valence-corrected chi connectivity index (χ2v) is 5.14. The van der Waals surface area contributed by atoms with E-state index >= 15 is 0 Å². The molecule has 1 aromatic carbocycles. The summed E-state index contributed by atoms with van der Waals surface area (Å²) in [6, 6.07) is 9.43. The van der Waals surface area contributed by atoms with Gasteiger partial charge in [0.25, 0.3) is 0 Å². The third-order valence-electron chi connectivity index (χ3n) is 3.30. The third kappa shape index (κ3) is 4.56. The molecule has 0 radical (unpaired) electrons. The van der Waals surface area contributed by atoms with E-state index in [1.54, 1.807) is 12.3 Å². The van der Waals surface area contributed by atoms with E-state index < -0.39 is 0 Å². The number of hydrogen-bond donors (Lipinski definition) is 2. The van der Waals surface area contributed by atoms with Gasteiger partial charge in [-0.1, -0.05) is 19.1 Å². The van der Waals surface area contributed by atoms with Crippen molar-refractivity contribution in [1.82, 2.24) is 15.3 Å². The average molecular weight is 284 g/mol. The van der Waals surface area contributed by atoms with E-state index in [4.69, 9.17) is 5.73 Å². The zero-order chi connectivity index (χ0) is 15.2. The first kappa shape index (κ1) is 15.0. The fourth-order valence-corrected chi connectivity index (χ4v) is 2.09. The van der Waals surface area contributed by atoms with E-state index in [1.165, 1.54) is 0 Å². The molecular weight excluding hydrogens is 264 g/mol. The monoisotopic (exact) mass is 284 g/mol. The fraction of sp³-hybridized carbons (Fsp3) is 0.312. The Morgan fingerprint density at radius 1 is 1.29 bits per heavy atom. The first-order valence-corrected chi connectivity index (χ1v) is 6.95. The summed E-state index contributed by atoms with van der Waals surface area (Å²) in [4.78, 5) is 20.3. The Hall–Kier alpha value is -2.43. The van der Waals surface area contributed by atoms with Crippen molar-refractivity contribution < 1.29 is 4.79 Å². The molecule has 1 amide bonds. The van der Waals surface area contributed by atoms with Crippen molar-refractivity contribution in [2.75, 3.05) is 5.73 Å². The van der Waals surface area contributed by atoms with Crippen LogP contribution in [0.2, 0.25) is 0 Å². The lowest BCUT2D eigenvalue weighted by atomic mass is 9.97. The highest BCUT2D eigenvalue weighted by atomic mass is 16.1. The normalized spacial score (nSPS) is 11.9. The Labute approximate surface area is 124 Å². The van der Waals surface area contributed by atoms with Crippen molar-refractivity contribution in [2.24, 2.45) is 0 Å². The molecule has 1 aromatic heterocycles. The first-order valence-electron chi connectivity index (χ1n) is 6.95. The van der Waals surface area contributed by atoms with Crippen LogP contribution in [-0.2, 0) is 11.3 Å². The molecule has 5 heteroatoms. The Morgan fingerprint density at radius 3 is 2.67 bits per heavy atom. The maximum Gasteiger partial charge on any atom is 0.220 e. The predicted octanol–water partition coefficient (Wildman–Crippen LogP) is 2.18. The summed E-state index contributed by atoms with van der Waals surface area (Å²) < 4.78 is 0. The van der Waals surface area contributed by atoms with Crippen molar-refractivity contribution in [3.05, 3.63) is 53.6 Å².